The van der Waals surface area contributed by atoms with Crippen LogP contribution in [0.1, 0.15) is 25.8 Å². The van der Waals surface area contributed by atoms with E-state index in [0.717, 1.165) is 34.9 Å². The Balaban J connectivity index is 3.17. The SMILES string of the molecule is C#CCN(CCC)c1cccc(SCC)c1C#N. The van der Waals surface area contributed by atoms with Crippen LogP contribution in [0.3, 0.4) is 0 Å². The number of terminal acetylenes is 1. The number of rotatable bonds is 6. The van der Waals surface area contributed by atoms with E-state index in [1.165, 1.54) is 0 Å². The van der Waals surface area contributed by atoms with E-state index in [4.69, 9.17) is 6.42 Å². The van der Waals surface area contributed by atoms with E-state index in [-0.39, 0.29) is 0 Å². The Hall–Kier alpha value is -1.58. The molecule has 0 saturated carbocycles. The molecule has 2 nitrogen and oxygen atoms in total. The summed E-state index contributed by atoms with van der Waals surface area (Å²) >= 11 is 1.69. The molecule has 18 heavy (non-hydrogen) atoms. The highest BCUT2D eigenvalue weighted by atomic mass is 32.2. The lowest BCUT2D eigenvalue weighted by Gasteiger charge is -2.23. The largest absolute Gasteiger partial charge is 0.359 e. The van der Waals surface area contributed by atoms with Gasteiger partial charge in [0.15, 0.2) is 0 Å². The minimum absolute atomic E-state index is 0.544. The van der Waals surface area contributed by atoms with Crippen LogP contribution in [0.2, 0.25) is 0 Å². The normalized spacial score (nSPS) is 9.56. The molecule has 3 heteroatoms. The van der Waals surface area contributed by atoms with Crippen LogP contribution in [0.25, 0.3) is 0 Å². The van der Waals surface area contributed by atoms with Crippen molar-refractivity contribution >= 4 is 17.4 Å². The number of thioether (sulfide) groups is 1. The first-order valence-electron chi connectivity index (χ1n) is 6.12. The number of nitrogens with zero attached hydrogens (tertiary/aromatic N) is 2. The maximum atomic E-state index is 9.37. The van der Waals surface area contributed by atoms with Gasteiger partial charge >= 0.3 is 0 Å². The average Bonchev–Trinajstić information content (AvgIpc) is 2.38. The first-order valence-corrected chi connectivity index (χ1v) is 7.11. The smallest absolute Gasteiger partial charge is 0.103 e. The van der Waals surface area contributed by atoms with Crippen molar-refractivity contribution in [2.45, 2.75) is 25.2 Å². The quantitative estimate of drug-likeness (QED) is 0.577. The maximum Gasteiger partial charge on any atom is 0.103 e. The molecule has 0 saturated heterocycles. The lowest BCUT2D eigenvalue weighted by Crippen LogP contribution is -2.25. The standard InChI is InChI=1S/C15H18N2S/c1-4-10-17(11-5-2)14-8-7-9-15(18-6-3)13(14)12-16/h1,7-9H,5-6,10-11H2,2-3H3. The van der Waals surface area contributed by atoms with Crippen LogP contribution in [0.4, 0.5) is 5.69 Å². The topological polar surface area (TPSA) is 27.0 Å². The summed E-state index contributed by atoms with van der Waals surface area (Å²) in [5.74, 6) is 3.62. The molecule has 0 spiro atoms. The van der Waals surface area contributed by atoms with E-state index in [9.17, 15) is 5.26 Å². The fraction of sp³-hybridized carbons (Fsp3) is 0.400. The third-order valence-corrected chi connectivity index (χ3v) is 3.47. The van der Waals surface area contributed by atoms with Crippen LogP contribution < -0.4 is 4.90 Å². The fourth-order valence-electron chi connectivity index (χ4n) is 1.84. The number of hydrogen-bond acceptors (Lipinski definition) is 3. The Kier molecular flexibility index (Phi) is 6.19. The summed E-state index contributed by atoms with van der Waals surface area (Å²) < 4.78 is 0. The van der Waals surface area contributed by atoms with Crippen molar-refractivity contribution in [1.29, 1.82) is 5.26 Å². The molecule has 1 aromatic rings. The van der Waals surface area contributed by atoms with Gasteiger partial charge in [-0.2, -0.15) is 5.26 Å². The zero-order chi connectivity index (χ0) is 13.4. The number of nitriles is 1. The second-order valence-corrected chi connectivity index (χ2v) is 5.13. The van der Waals surface area contributed by atoms with Crippen molar-refractivity contribution in [3.05, 3.63) is 23.8 Å². The van der Waals surface area contributed by atoms with Gasteiger partial charge in [-0.3, -0.25) is 0 Å². The first-order chi connectivity index (χ1) is 8.78. The predicted octanol–water partition coefficient (Wildman–Crippen LogP) is 3.52. The van der Waals surface area contributed by atoms with Crippen LogP contribution in [-0.4, -0.2) is 18.8 Å². The third kappa shape index (κ3) is 3.45. The predicted molar refractivity (Wildman–Crippen MR) is 78.9 cm³/mol. The van der Waals surface area contributed by atoms with Gasteiger partial charge in [0.05, 0.1) is 17.8 Å². The minimum Gasteiger partial charge on any atom is -0.359 e. The Morgan fingerprint density at radius 3 is 2.72 bits per heavy atom. The Morgan fingerprint density at radius 1 is 1.39 bits per heavy atom. The van der Waals surface area contributed by atoms with Gasteiger partial charge in [-0.05, 0) is 24.3 Å². The summed E-state index contributed by atoms with van der Waals surface area (Å²) in [5, 5.41) is 9.37. The van der Waals surface area contributed by atoms with Gasteiger partial charge in [0.2, 0.25) is 0 Å². The van der Waals surface area contributed by atoms with Gasteiger partial charge in [0, 0.05) is 11.4 Å². The van der Waals surface area contributed by atoms with Crippen molar-refractivity contribution in [3.63, 3.8) is 0 Å². The lowest BCUT2D eigenvalue weighted by molar-refractivity contribution is 0.820. The third-order valence-electron chi connectivity index (χ3n) is 2.53. The summed E-state index contributed by atoms with van der Waals surface area (Å²) in [6.07, 6.45) is 6.42. The van der Waals surface area contributed by atoms with Gasteiger partial charge in [-0.15, -0.1) is 18.2 Å². The molecule has 0 atom stereocenters. The molecule has 0 bridgehead atoms. The average molecular weight is 258 g/mol. The summed E-state index contributed by atoms with van der Waals surface area (Å²) in [6, 6.07) is 8.28. The van der Waals surface area contributed by atoms with E-state index >= 15 is 0 Å². The molecular formula is C15H18N2S. The van der Waals surface area contributed by atoms with E-state index in [0.29, 0.717) is 6.54 Å². The van der Waals surface area contributed by atoms with E-state index < -0.39 is 0 Å². The van der Waals surface area contributed by atoms with Crippen LogP contribution in [0, 0.1) is 23.7 Å². The van der Waals surface area contributed by atoms with Gasteiger partial charge < -0.3 is 4.90 Å². The Bertz CT molecular complexity index is 468. The van der Waals surface area contributed by atoms with Crippen LogP contribution in [0.15, 0.2) is 23.1 Å². The second kappa shape index (κ2) is 7.69. The first kappa shape index (κ1) is 14.5. The molecule has 0 aliphatic carbocycles. The monoisotopic (exact) mass is 258 g/mol. The van der Waals surface area contributed by atoms with E-state index in [1.54, 1.807) is 11.8 Å². The molecule has 0 unspecified atom stereocenters. The van der Waals surface area contributed by atoms with Gasteiger partial charge in [0.25, 0.3) is 0 Å². The number of anilines is 1. The summed E-state index contributed by atoms with van der Waals surface area (Å²) in [7, 11) is 0. The van der Waals surface area contributed by atoms with Crippen LogP contribution in [0.5, 0.6) is 0 Å². The summed E-state index contributed by atoms with van der Waals surface area (Å²) in [6.45, 7) is 5.62. The Labute approximate surface area is 114 Å². The van der Waals surface area contributed by atoms with Crippen molar-refractivity contribution in [3.8, 4) is 18.4 Å². The molecule has 0 amide bonds. The Morgan fingerprint density at radius 2 is 2.17 bits per heavy atom. The van der Waals surface area contributed by atoms with Crippen molar-refractivity contribution in [2.75, 3.05) is 23.7 Å². The number of hydrogen-bond donors (Lipinski definition) is 0. The van der Waals surface area contributed by atoms with Gasteiger partial charge in [-0.1, -0.05) is 25.8 Å². The minimum atomic E-state index is 0.544. The van der Waals surface area contributed by atoms with E-state index in [1.807, 2.05) is 18.2 Å². The molecule has 1 aromatic carbocycles. The molecule has 0 radical (unpaired) electrons. The molecule has 0 aliphatic rings. The highest BCUT2D eigenvalue weighted by Crippen LogP contribution is 2.30. The molecule has 0 heterocycles. The highest BCUT2D eigenvalue weighted by molar-refractivity contribution is 7.99. The van der Waals surface area contributed by atoms with Crippen LogP contribution >= 0.6 is 11.8 Å². The molecule has 0 N–H and O–H groups in total. The van der Waals surface area contributed by atoms with Crippen molar-refractivity contribution < 1.29 is 0 Å². The second-order valence-electron chi connectivity index (χ2n) is 3.82. The van der Waals surface area contributed by atoms with Crippen LogP contribution in [-0.2, 0) is 0 Å². The molecule has 0 aromatic heterocycles. The molecule has 0 fully saturated rings. The molecule has 94 valence electrons. The molecular weight excluding hydrogens is 240 g/mol. The zero-order valence-corrected chi connectivity index (χ0v) is 11.8. The number of benzene rings is 1. The zero-order valence-electron chi connectivity index (χ0n) is 10.9. The fourth-order valence-corrected chi connectivity index (χ4v) is 2.62. The molecule has 1 rings (SSSR count). The molecule has 0 aliphatic heterocycles. The van der Waals surface area contributed by atoms with Gasteiger partial charge in [-0.25, -0.2) is 0 Å². The highest BCUT2D eigenvalue weighted by Gasteiger charge is 2.13. The van der Waals surface area contributed by atoms with E-state index in [2.05, 4.69) is 30.7 Å². The summed E-state index contributed by atoms with van der Waals surface area (Å²) in [4.78, 5) is 3.13. The maximum absolute atomic E-state index is 9.37. The van der Waals surface area contributed by atoms with Crippen molar-refractivity contribution in [1.82, 2.24) is 0 Å². The van der Waals surface area contributed by atoms with Crippen molar-refractivity contribution in [2.24, 2.45) is 0 Å². The summed E-state index contributed by atoms with van der Waals surface area (Å²) in [5.41, 5.74) is 1.70. The van der Waals surface area contributed by atoms with Gasteiger partial charge in [0.1, 0.15) is 6.07 Å². The lowest BCUT2D eigenvalue weighted by atomic mass is 10.1.